The number of hydrogen-bond donors (Lipinski definition) is 0. The van der Waals surface area contributed by atoms with Crippen LogP contribution >= 0.6 is 0 Å². The number of nitro benzene ring substituents is 1. The lowest BCUT2D eigenvalue weighted by molar-refractivity contribution is -0.384. The van der Waals surface area contributed by atoms with Crippen molar-refractivity contribution in [1.82, 2.24) is 4.90 Å². The summed E-state index contributed by atoms with van der Waals surface area (Å²) in [6.45, 7) is 2.93. The number of non-ortho nitro benzene ring substituents is 1. The average molecular weight is 235 g/mol. The molecule has 0 radical (unpaired) electrons. The van der Waals surface area contributed by atoms with E-state index in [0.29, 0.717) is 0 Å². The van der Waals surface area contributed by atoms with Gasteiger partial charge >= 0.3 is 0 Å². The van der Waals surface area contributed by atoms with Gasteiger partial charge in [0.15, 0.2) is 0 Å². The highest BCUT2D eigenvalue weighted by Crippen LogP contribution is 2.30. The molecule has 0 aromatic heterocycles. The zero-order valence-electron chi connectivity index (χ0n) is 10.2. The van der Waals surface area contributed by atoms with Crippen molar-refractivity contribution in [2.75, 3.05) is 38.6 Å². The van der Waals surface area contributed by atoms with Crippen LogP contribution in [0.25, 0.3) is 0 Å². The van der Waals surface area contributed by atoms with E-state index in [0.717, 1.165) is 37.3 Å². The first-order chi connectivity index (χ1) is 8.08. The number of nitro groups is 1. The minimum atomic E-state index is -0.331. The minimum absolute atomic E-state index is 0.193. The zero-order chi connectivity index (χ0) is 12.4. The molecule has 0 N–H and O–H groups in total. The summed E-state index contributed by atoms with van der Waals surface area (Å²) >= 11 is 0. The van der Waals surface area contributed by atoms with Gasteiger partial charge in [0, 0.05) is 37.5 Å². The second-order valence-electron chi connectivity index (χ2n) is 4.61. The lowest BCUT2D eigenvalue weighted by Gasteiger charge is -2.21. The van der Waals surface area contributed by atoms with Crippen molar-refractivity contribution in [3.05, 3.63) is 33.9 Å². The molecule has 1 heterocycles. The third-order valence-electron chi connectivity index (χ3n) is 3.08. The number of nitrogens with zero attached hydrogens (tertiary/aromatic N) is 3. The summed E-state index contributed by atoms with van der Waals surface area (Å²) in [4.78, 5) is 14.8. The minimum Gasteiger partial charge on any atom is -0.370 e. The van der Waals surface area contributed by atoms with Crippen LogP contribution in [0.5, 0.6) is 0 Å². The van der Waals surface area contributed by atoms with Crippen LogP contribution in [0.15, 0.2) is 18.2 Å². The number of anilines is 1. The molecular weight excluding hydrogens is 218 g/mol. The molecule has 0 aliphatic carbocycles. The highest BCUT2D eigenvalue weighted by molar-refractivity contribution is 5.61. The Morgan fingerprint density at radius 2 is 2.24 bits per heavy atom. The molecule has 0 spiro atoms. The molecule has 92 valence electrons. The Morgan fingerprint density at radius 3 is 2.88 bits per heavy atom. The monoisotopic (exact) mass is 235 g/mol. The number of fused-ring (bicyclic) bond motifs is 1. The van der Waals surface area contributed by atoms with Gasteiger partial charge in [-0.05, 0) is 32.1 Å². The summed E-state index contributed by atoms with van der Waals surface area (Å²) in [6, 6.07) is 5.16. The number of hydrogen-bond acceptors (Lipinski definition) is 4. The maximum Gasteiger partial charge on any atom is 0.269 e. The third-order valence-corrected chi connectivity index (χ3v) is 3.08. The average Bonchev–Trinajstić information content (AvgIpc) is 2.68. The molecule has 0 atom stereocenters. The highest BCUT2D eigenvalue weighted by atomic mass is 16.6. The molecule has 1 aromatic carbocycles. The van der Waals surface area contributed by atoms with Crippen molar-refractivity contribution in [2.45, 2.75) is 6.42 Å². The van der Waals surface area contributed by atoms with Crippen LogP contribution in [-0.2, 0) is 6.42 Å². The lowest BCUT2D eigenvalue weighted by Crippen LogP contribution is -2.30. The quantitative estimate of drug-likeness (QED) is 0.586. The van der Waals surface area contributed by atoms with Gasteiger partial charge in [0.2, 0.25) is 0 Å². The Morgan fingerprint density at radius 1 is 1.47 bits per heavy atom. The lowest BCUT2D eigenvalue weighted by atomic mass is 10.1. The van der Waals surface area contributed by atoms with E-state index in [2.05, 4.69) is 9.80 Å². The van der Waals surface area contributed by atoms with E-state index in [1.807, 2.05) is 20.2 Å². The fraction of sp³-hybridized carbons (Fsp3) is 0.500. The Hall–Kier alpha value is -1.62. The molecule has 0 unspecified atom stereocenters. The van der Waals surface area contributed by atoms with E-state index in [9.17, 15) is 10.1 Å². The predicted octanol–water partition coefficient (Wildman–Crippen LogP) is 1.52. The van der Waals surface area contributed by atoms with Gasteiger partial charge < -0.3 is 9.80 Å². The molecule has 0 bridgehead atoms. The van der Waals surface area contributed by atoms with Crippen molar-refractivity contribution in [1.29, 1.82) is 0 Å². The number of likely N-dealkylation sites (N-methyl/N-ethyl adjacent to an activating group) is 1. The van der Waals surface area contributed by atoms with Gasteiger partial charge in [-0.2, -0.15) is 0 Å². The van der Waals surface area contributed by atoms with Crippen molar-refractivity contribution >= 4 is 11.4 Å². The van der Waals surface area contributed by atoms with E-state index in [1.54, 1.807) is 12.1 Å². The van der Waals surface area contributed by atoms with Crippen LogP contribution in [0.3, 0.4) is 0 Å². The maximum atomic E-state index is 10.7. The smallest absolute Gasteiger partial charge is 0.269 e. The molecule has 17 heavy (non-hydrogen) atoms. The topological polar surface area (TPSA) is 49.6 Å². The fourth-order valence-electron chi connectivity index (χ4n) is 2.12. The summed E-state index contributed by atoms with van der Waals surface area (Å²) in [5.74, 6) is 0. The SMILES string of the molecule is CN(C)CCN1CCc2cc([N+](=O)[O-])ccc21. The second kappa shape index (κ2) is 4.71. The van der Waals surface area contributed by atoms with Crippen LogP contribution in [-0.4, -0.2) is 43.6 Å². The fourth-order valence-corrected chi connectivity index (χ4v) is 2.12. The Balaban J connectivity index is 2.13. The first-order valence-corrected chi connectivity index (χ1v) is 5.75. The number of benzene rings is 1. The molecule has 5 heteroatoms. The summed E-state index contributed by atoms with van der Waals surface area (Å²) in [6.07, 6.45) is 0.907. The molecule has 5 nitrogen and oxygen atoms in total. The number of rotatable bonds is 4. The van der Waals surface area contributed by atoms with Crippen LogP contribution in [0.2, 0.25) is 0 Å². The molecule has 0 saturated carbocycles. The first-order valence-electron chi connectivity index (χ1n) is 5.75. The van der Waals surface area contributed by atoms with Crippen LogP contribution < -0.4 is 4.90 Å². The maximum absolute atomic E-state index is 10.7. The third kappa shape index (κ3) is 2.55. The summed E-state index contributed by atoms with van der Waals surface area (Å²) in [5, 5.41) is 10.7. The first kappa shape index (κ1) is 11.9. The predicted molar refractivity (Wildman–Crippen MR) is 67.6 cm³/mol. The van der Waals surface area contributed by atoms with Gasteiger partial charge in [0.25, 0.3) is 5.69 Å². The van der Waals surface area contributed by atoms with Crippen molar-refractivity contribution in [3.8, 4) is 0 Å². The van der Waals surface area contributed by atoms with Gasteiger partial charge in [0.05, 0.1) is 4.92 Å². The van der Waals surface area contributed by atoms with E-state index in [1.165, 1.54) is 0 Å². The van der Waals surface area contributed by atoms with E-state index in [-0.39, 0.29) is 10.6 Å². The molecule has 1 aromatic rings. The van der Waals surface area contributed by atoms with E-state index >= 15 is 0 Å². The molecule has 0 fully saturated rings. The van der Waals surface area contributed by atoms with Gasteiger partial charge in [0.1, 0.15) is 0 Å². The summed E-state index contributed by atoms with van der Waals surface area (Å²) in [5.41, 5.74) is 2.44. The highest BCUT2D eigenvalue weighted by Gasteiger charge is 2.21. The van der Waals surface area contributed by atoms with Gasteiger partial charge in [-0.3, -0.25) is 10.1 Å². The van der Waals surface area contributed by atoms with Gasteiger partial charge in [-0.15, -0.1) is 0 Å². The molecule has 1 aliphatic heterocycles. The van der Waals surface area contributed by atoms with Crippen molar-refractivity contribution < 1.29 is 4.92 Å². The standard InChI is InChI=1S/C12H17N3O2/c1-13(2)7-8-14-6-5-10-9-11(15(16)17)3-4-12(10)14/h3-4,9H,5-8H2,1-2H3. The van der Waals surface area contributed by atoms with Crippen molar-refractivity contribution in [2.24, 2.45) is 0 Å². The Labute approximate surface area is 101 Å². The largest absolute Gasteiger partial charge is 0.370 e. The van der Waals surface area contributed by atoms with Gasteiger partial charge in [-0.1, -0.05) is 0 Å². The van der Waals surface area contributed by atoms with E-state index < -0.39 is 0 Å². The second-order valence-corrected chi connectivity index (χ2v) is 4.61. The van der Waals surface area contributed by atoms with Crippen LogP contribution in [0, 0.1) is 10.1 Å². The van der Waals surface area contributed by atoms with Crippen LogP contribution in [0.4, 0.5) is 11.4 Å². The molecule has 0 amide bonds. The Bertz CT molecular complexity index is 432. The summed E-state index contributed by atoms with van der Waals surface area (Å²) < 4.78 is 0. The molecule has 2 rings (SSSR count). The zero-order valence-corrected chi connectivity index (χ0v) is 10.2. The Kier molecular flexibility index (Phi) is 3.28. The van der Waals surface area contributed by atoms with E-state index in [4.69, 9.17) is 0 Å². The van der Waals surface area contributed by atoms with Crippen molar-refractivity contribution in [3.63, 3.8) is 0 Å². The molecule has 0 saturated heterocycles. The van der Waals surface area contributed by atoms with Crippen LogP contribution in [0.1, 0.15) is 5.56 Å². The molecular formula is C12H17N3O2. The summed E-state index contributed by atoms with van der Waals surface area (Å²) in [7, 11) is 4.10. The molecule has 1 aliphatic rings. The van der Waals surface area contributed by atoms with Gasteiger partial charge in [-0.25, -0.2) is 0 Å². The normalized spacial score (nSPS) is 14.2.